The number of aromatic nitrogens is 1. The highest BCUT2D eigenvalue weighted by molar-refractivity contribution is 9.10. The van der Waals surface area contributed by atoms with Crippen LogP contribution in [-0.2, 0) is 0 Å². The van der Waals surface area contributed by atoms with E-state index >= 15 is 0 Å². The number of pyridine rings is 1. The Morgan fingerprint density at radius 1 is 1.53 bits per heavy atom. The molecule has 0 saturated heterocycles. The van der Waals surface area contributed by atoms with E-state index in [1.54, 1.807) is 0 Å². The minimum Gasteiger partial charge on any atom is -0.384 e. The van der Waals surface area contributed by atoms with Gasteiger partial charge in [-0.15, -0.1) is 0 Å². The molecule has 0 aromatic carbocycles. The molecule has 0 amide bonds. The molecule has 1 aromatic heterocycles. The molecule has 1 heterocycles. The first-order chi connectivity index (χ1) is 7.25. The van der Waals surface area contributed by atoms with E-state index < -0.39 is 0 Å². The van der Waals surface area contributed by atoms with Crippen molar-refractivity contribution in [2.75, 3.05) is 11.9 Å². The van der Waals surface area contributed by atoms with Crippen molar-refractivity contribution in [3.05, 3.63) is 22.9 Å². The minimum absolute atomic E-state index is 0.847. The molecule has 0 radical (unpaired) electrons. The van der Waals surface area contributed by atoms with Gasteiger partial charge in [0.2, 0.25) is 0 Å². The molecule has 1 N–H and O–H groups in total. The molecule has 1 aliphatic rings. The van der Waals surface area contributed by atoms with Crippen LogP contribution in [0.25, 0.3) is 0 Å². The highest BCUT2D eigenvalue weighted by Gasteiger charge is 2.20. The fourth-order valence-corrected chi connectivity index (χ4v) is 2.67. The van der Waals surface area contributed by atoms with Gasteiger partial charge in [0.25, 0.3) is 0 Å². The van der Waals surface area contributed by atoms with Gasteiger partial charge in [0, 0.05) is 18.9 Å². The number of hydrogen-bond acceptors (Lipinski definition) is 2. The van der Waals surface area contributed by atoms with E-state index in [1.807, 2.05) is 18.5 Å². The van der Waals surface area contributed by atoms with Crippen LogP contribution in [0, 0.1) is 11.8 Å². The zero-order valence-corrected chi connectivity index (χ0v) is 10.6. The number of halogens is 1. The van der Waals surface area contributed by atoms with Gasteiger partial charge in [0.1, 0.15) is 0 Å². The van der Waals surface area contributed by atoms with Gasteiger partial charge < -0.3 is 5.32 Å². The zero-order chi connectivity index (χ0) is 10.7. The van der Waals surface area contributed by atoms with Crippen LogP contribution >= 0.6 is 15.9 Å². The second-order valence-corrected chi connectivity index (χ2v) is 5.38. The summed E-state index contributed by atoms with van der Waals surface area (Å²) in [7, 11) is 0. The van der Waals surface area contributed by atoms with Crippen molar-refractivity contribution in [2.45, 2.75) is 26.2 Å². The Bertz CT molecular complexity index is 327. The van der Waals surface area contributed by atoms with Crippen LogP contribution in [-0.4, -0.2) is 11.5 Å². The first-order valence-electron chi connectivity index (χ1n) is 5.59. The van der Waals surface area contributed by atoms with Crippen molar-refractivity contribution in [3.63, 3.8) is 0 Å². The van der Waals surface area contributed by atoms with E-state index in [4.69, 9.17) is 0 Å². The lowest BCUT2D eigenvalue weighted by Gasteiger charge is -2.13. The topological polar surface area (TPSA) is 24.9 Å². The van der Waals surface area contributed by atoms with Crippen LogP contribution in [0.15, 0.2) is 22.9 Å². The molecule has 1 saturated carbocycles. The molecule has 82 valence electrons. The predicted octanol–water partition coefficient (Wildman–Crippen LogP) is 3.69. The smallest absolute Gasteiger partial charge is 0.0590 e. The maximum atomic E-state index is 4.05. The monoisotopic (exact) mass is 268 g/mol. The average molecular weight is 269 g/mol. The zero-order valence-electron chi connectivity index (χ0n) is 9.04. The quantitative estimate of drug-likeness (QED) is 0.905. The van der Waals surface area contributed by atoms with E-state index in [0.29, 0.717) is 0 Å². The first kappa shape index (κ1) is 10.9. The second-order valence-electron chi connectivity index (χ2n) is 4.52. The summed E-state index contributed by atoms with van der Waals surface area (Å²) in [5.41, 5.74) is 1.16. The summed E-state index contributed by atoms with van der Waals surface area (Å²) in [4.78, 5) is 4.05. The van der Waals surface area contributed by atoms with E-state index in [9.17, 15) is 0 Å². The summed E-state index contributed by atoms with van der Waals surface area (Å²) in [5, 5.41) is 3.49. The van der Waals surface area contributed by atoms with Crippen LogP contribution in [0.3, 0.4) is 0 Å². The largest absolute Gasteiger partial charge is 0.384 e. The molecule has 15 heavy (non-hydrogen) atoms. The Morgan fingerprint density at radius 3 is 3.07 bits per heavy atom. The molecule has 2 atom stereocenters. The standard InChI is InChI=1S/C12H17BrN2/c1-9-2-3-10(6-9)7-15-12-4-5-14-8-11(12)13/h4-5,8-10H,2-3,6-7H2,1H3,(H,14,15). The molecule has 3 heteroatoms. The second kappa shape index (κ2) is 4.97. The molecular formula is C12H17BrN2. The van der Waals surface area contributed by atoms with Gasteiger partial charge in [-0.25, -0.2) is 0 Å². The third-order valence-corrected chi connectivity index (χ3v) is 3.79. The summed E-state index contributed by atoms with van der Waals surface area (Å²) >= 11 is 3.49. The van der Waals surface area contributed by atoms with Gasteiger partial charge in [0.05, 0.1) is 10.2 Å². The molecule has 1 aromatic rings. The van der Waals surface area contributed by atoms with E-state index in [2.05, 4.69) is 33.2 Å². The van der Waals surface area contributed by atoms with Crippen LogP contribution in [0.4, 0.5) is 5.69 Å². The Morgan fingerprint density at radius 2 is 2.40 bits per heavy atom. The van der Waals surface area contributed by atoms with Crippen molar-refractivity contribution < 1.29 is 0 Å². The van der Waals surface area contributed by atoms with E-state index in [1.165, 1.54) is 19.3 Å². The van der Waals surface area contributed by atoms with Crippen molar-refractivity contribution in [3.8, 4) is 0 Å². The summed E-state index contributed by atoms with van der Waals surface area (Å²) in [6.07, 6.45) is 7.79. The summed E-state index contributed by atoms with van der Waals surface area (Å²) in [6, 6.07) is 2.02. The summed E-state index contributed by atoms with van der Waals surface area (Å²) in [6.45, 7) is 3.44. The molecule has 2 nitrogen and oxygen atoms in total. The van der Waals surface area contributed by atoms with Crippen LogP contribution in [0.5, 0.6) is 0 Å². The van der Waals surface area contributed by atoms with Gasteiger partial charge >= 0.3 is 0 Å². The minimum atomic E-state index is 0.847. The number of anilines is 1. The molecule has 2 rings (SSSR count). The first-order valence-corrected chi connectivity index (χ1v) is 6.38. The lowest BCUT2D eigenvalue weighted by molar-refractivity contribution is 0.537. The number of nitrogens with one attached hydrogen (secondary N) is 1. The Balaban J connectivity index is 1.86. The van der Waals surface area contributed by atoms with E-state index in [-0.39, 0.29) is 0 Å². The Labute approximate surface area is 99.6 Å². The van der Waals surface area contributed by atoms with Crippen LogP contribution < -0.4 is 5.32 Å². The highest BCUT2D eigenvalue weighted by atomic mass is 79.9. The molecule has 1 fully saturated rings. The summed E-state index contributed by atoms with van der Waals surface area (Å²) < 4.78 is 1.05. The molecule has 2 unspecified atom stereocenters. The fourth-order valence-electron chi connectivity index (χ4n) is 2.28. The molecule has 0 spiro atoms. The maximum absolute atomic E-state index is 4.05. The summed E-state index contributed by atoms with van der Waals surface area (Å²) in [5.74, 6) is 1.76. The van der Waals surface area contributed by atoms with Crippen LogP contribution in [0.1, 0.15) is 26.2 Å². The number of hydrogen-bond donors (Lipinski definition) is 1. The molecular weight excluding hydrogens is 252 g/mol. The highest BCUT2D eigenvalue weighted by Crippen LogP contribution is 2.31. The third kappa shape index (κ3) is 2.94. The lowest BCUT2D eigenvalue weighted by atomic mass is 10.1. The third-order valence-electron chi connectivity index (χ3n) is 3.16. The number of rotatable bonds is 3. The molecule has 1 aliphatic carbocycles. The van der Waals surface area contributed by atoms with Gasteiger partial charge in [-0.1, -0.05) is 13.3 Å². The van der Waals surface area contributed by atoms with Crippen molar-refractivity contribution in [1.82, 2.24) is 4.98 Å². The van der Waals surface area contributed by atoms with Crippen molar-refractivity contribution in [1.29, 1.82) is 0 Å². The SMILES string of the molecule is CC1CCC(CNc2ccncc2Br)C1. The van der Waals surface area contributed by atoms with Gasteiger partial charge in [-0.3, -0.25) is 4.98 Å². The average Bonchev–Trinajstić information content (AvgIpc) is 2.63. The predicted molar refractivity (Wildman–Crippen MR) is 66.9 cm³/mol. The Hall–Kier alpha value is -0.570. The van der Waals surface area contributed by atoms with Gasteiger partial charge in [-0.05, 0) is 46.7 Å². The van der Waals surface area contributed by atoms with Crippen LogP contribution in [0.2, 0.25) is 0 Å². The normalized spacial score (nSPS) is 25.5. The van der Waals surface area contributed by atoms with Gasteiger partial charge in [0.15, 0.2) is 0 Å². The maximum Gasteiger partial charge on any atom is 0.0590 e. The lowest BCUT2D eigenvalue weighted by Crippen LogP contribution is -2.11. The van der Waals surface area contributed by atoms with Crippen molar-refractivity contribution in [2.24, 2.45) is 11.8 Å². The van der Waals surface area contributed by atoms with Gasteiger partial charge in [-0.2, -0.15) is 0 Å². The number of nitrogens with zero attached hydrogens (tertiary/aromatic N) is 1. The van der Waals surface area contributed by atoms with E-state index in [0.717, 1.165) is 28.5 Å². The molecule has 0 bridgehead atoms. The molecule has 0 aliphatic heterocycles. The Kier molecular flexibility index (Phi) is 3.62. The van der Waals surface area contributed by atoms with Crippen molar-refractivity contribution >= 4 is 21.6 Å². The fraction of sp³-hybridized carbons (Fsp3) is 0.583.